The standard InChI is InChI=1S/C21H26N2O4S/c1-22(28(25,26)20-12-8-18(9-13-20)21(24)27-2)16-17-6-10-19(11-7-17)23-14-4-3-5-15-23/h6-13H,3-5,14-16H2,1-2H3. The van der Waals surface area contributed by atoms with E-state index in [9.17, 15) is 13.2 Å². The number of nitrogens with zero attached hydrogens (tertiary/aromatic N) is 2. The summed E-state index contributed by atoms with van der Waals surface area (Å²) >= 11 is 0. The lowest BCUT2D eigenvalue weighted by Gasteiger charge is -2.29. The van der Waals surface area contributed by atoms with Crippen molar-refractivity contribution in [3.05, 3.63) is 59.7 Å². The number of carbonyl (C=O) groups excluding carboxylic acids is 1. The van der Waals surface area contributed by atoms with E-state index in [4.69, 9.17) is 0 Å². The highest BCUT2D eigenvalue weighted by Gasteiger charge is 2.21. The second-order valence-electron chi connectivity index (χ2n) is 6.99. The van der Waals surface area contributed by atoms with Crippen LogP contribution in [-0.2, 0) is 21.3 Å². The summed E-state index contributed by atoms with van der Waals surface area (Å²) in [5, 5.41) is 0. The van der Waals surface area contributed by atoms with Gasteiger partial charge in [-0.1, -0.05) is 12.1 Å². The van der Waals surface area contributed by atoms with Gasteiger partial charge in [-0.3, -0.25) is 0 Å². The molecular weight excluding hydrogens is 376 g/mol. The summed E-state index contributed by atoms with van der Waals surface area (Å²) in [6.45, 7) is 2.44. The summed E-state index contributed by atoms with van der Waals surface area (Å²) in [5.41, 5.74) is 2.43. The highest BCUT2D eigenvalue weighted by molar-refractivity contribution is 7.89. The third kappa shape index (κ3) is 4.54. The molecule has 0 unspecified atom stereocenters. The molecule has 7 heteroatoms. The van der Waals surface area contributed by atoms with Gasteiger partial charge in [-0.25, -0.2) is 13.2 Å². The average molecular weight is 403 g/mol. The highest BCUT2D eigenvalue weighted by Crippen LogP contribution is 2.22. The van der Waals surface area contributed by atoms with Crippen LogP contribution in [0.1, 0.15) is 35.2 Å². The van der Waals surface area contributed by atoms with E-state index in [0.29, 0.717) is 5.56 Å². The number of hydrogen-bond acceptors (Lipinski definition) is 5. The van der Waals surface area contributed by atoms with E-state index in [-0.39, 0.29) is 11.4 Å². The molecule has 6 nitrogen and oxygen atoms in total. The molecule has 0 amide bonds. The van der Waals surface area contributed by atoms with Crippen molar-refractivity contribution in [2.45, 2.75) is 30.7 Å². The van der Waals surface area contributed by atoms with E-state index in [1.807, 2.05) is 12.1 Å². The molecule has 0 bridgehead atoms. The number of carbonyl (C=O) groups is 1. The molecule has 150 valence electrons. The quantitative estimate of drug-likeness (QED) is 0.694. The lowest BCUT2D eigenvalue weighted by Crippen LogP contribution is -2.29. The first-order chi connectivity index (χ1) is 13.4. The second kappa shape index (κ2) is 8.75. The maximum atomic E-state index is 12.8. The van der Waals surface area contributed by atoms with Gasteiger partial charge in [0.2, 0.25) is 10.0 Å². The first-order valence-electron chi connectivity index (χ1n) is 9.40. The Morgan fingerprint density at radius 3 is 2.18 bits per heavy atom. The maximum Gasteiger partial charge on any atom is 0.337 e. The van der Waals surface area contributed by atoms with Gasteiger partial charge in [0, 0.05) is 32.4 Å². The zero-order valence-electron chi connectivity index (χ0n) is 16.3. The van der Waals surface area contributed by atoms with Crippen molar-refractivity contribution in [2.24, 2.45) is 0 Å². The van der Waals surface area contributed by atoms with E-state index in [2.05, 4.69) is 21.8 Å². The molecule has 1 aliphatic rings. The third-order valence-electron chi connectivity index (χ3n) is 5.05. The molecule has 2 aromatic carbocycles. The van der Waals surface area contributed by atoms with Crippen LogP contribution in [0.25, 0.3) is 0 Å². The molecule has 1 saturated heterocycles. The van der Waals surface area contributed by atoms with Crippen LogP contribution in [0.5, 0.6) is 0 Å². The van der Waals surface area contributed by atoms with Crippen molar-refractivity contribution in [3.8, 4) is 0 Å². The van der Waals surface area contributed by atoms with Crippen molar-refractivity contribution in [3.63, 3.8) is 0 Å². The molecule has 1 heterocycles. The minimum absolute atomic E-state index is 0.146. The Labute approximate surface area is 166 Å². The van der Waals surface area contributed by atoms with Gasteiger partial charge in [-0.2, -0.15) is 4.31 Å². The van der Waals surface area contributed by atoms with E-state index < -0.39 is 16.0 Å². The number of anilines is 1. The van der Waals surface area contributed by atoms with Gasteiger partial charge in [0.1, 0.15) is 0 Å². The SMILES string of the molecule is COC(=O)c1ccc(S(=O)(=O)N(C)Cc2ccc(N3CCCCC3)cc2)cc1. The Bertz CT molecular complexity index is 902. The number of rotatable bonds is 6. The van der Waals surface area contributed by atoms with E-state index in [1.54, 1.807) is 7.05 Å². The Morgan fingerprint density at radius 2 is 1.61 bits per heavy atom. The van der Waals surface area contributed by atoms with Crippen molar-refractivity contribution in [1.29, 1.82) is 0 Å². The van der Waals surface area contributed by atoms with Crippen molar-refractivity contribution in [2.75, 3.05) is 32.1 Å². The Hall–Kier alpha value is -2.38. The largest absolute Gasteiger partial charge is 0.465 e. The Kier molecular flexibility index (Phi) is 6.36. The number of methoxy groups -OCH3 is 1. The summed E-state index contributed by atoms with van der Waals surface area (Å²) in [6, 6.07) is 13.9. The van der Waals surface area contributed by atoms with Gasteiger partial charge in [-0.05, 0) is 61.2 Å². The molecule has 0 aromatic heterocycles. The summed E-state index contributed by atoms with van der Waals surface area (Å²) in [7, 11) is -0.800. The van der Waals surface area contributed by atoms with Gasteiger partial charge in [0.05, 0.1) is 17.6 Å². The van der Waals surface area contributed by atoms with Crippen molar-refractivity contribution < 1.29 is 17.9 Å². The molecule has 0 aliphatic carbocycles. The van der Waals surface area contributed by atoms with E-state index in [1.165, 1.54) is 60.6 Å². The Balaban J connectivity index is 1.68. The second-order valence-corrected chi connectivity index (χ2v) is 9.04. The zero-order chi connectivity index (χ0) is 20.1. The molecule has 0 atom stereocenters. The van der Waals surface area contributed by atoms with Crippen LogP contribution in [0.3, 0.4) is 0 Å². The lowest BCUT2D eigenvalue weighted by atomic mass is 10.1. The van der Waals surface area contributed by atoms with Gasteiger partial charge < -0.3 is 9.64 Å². The number of piperidine rings is 1. The summed E-state index contributed by atoms with van der Waals surface area (Å²) < 4.78 is 31.6. The normalized spacial score (nSPS) is 14.9. The highest BCUT2D eigenvalue weighted by atomic mass is 32.2. The number of ether oxygens (including phenoxy) is 1. The topological polar surface area (TPSA) is 66.9 Å². The van der Waals surface area contributed by atoms with Crippen molar-refractivity contribution >= 4 is 21.7 Å². The summed E-state index contributed by atoms with van der Waals surface area (Å²) in [5.74, 6) is -0.494. The van der Waals surface area contributed by atoms with Gasteiger partial charge >= 0.3 is 5.97 Å². The molecule has 3 rings (SSSR count). The molecule has 1 aliphatic heterocycles. The predicted octanol–water partition coefficient (Wildman–Crippen LogP) is 3.28. The van der Waals surface area contributed by atoms with Gasteiger partial charge in [-0.15, -0.1) is 0 Å². The minimum atomic E-state index is -3.65. The van der Waals surface area contributed by atoms with Crippen LogP contribution >= 0.6 is 0 Å². The Morgan fingerprint density at radius 1 is 1.00 bits per heavy atom. The van der Waals surface area contributed by atoms with Gasteiger partial charge in [0.25, 0.3) is 0 Å². The molecule has 28 heavy (non-hydrogen) atoms. The first-order valence-corrected chi connectivity index (χ1v) is 10.8. The van der Waals surface area contributed by atoms with Crippen LogP contribution < -0.4 is 4.90 Å². The summed E-state index contributed by atoms with van der Waals surface area (Å²) in [4.78, 5) is 14.0. The zero-order valence-corrected chi connectivity index (χ0v) is 17.1. The monoisotopic (exact) mass is 402 g/mol. The van der Waals surface area contributed by atoms with Crippen LogP contribution in [0.2, 0.25) is 0 Å². The predicted molar refractivity (Wildman–Crippen MR) is 109 cm³/mol. The fraction of sp³-hybridized carbons (Fsp3) is 0.381. The fourth-order valence-corrected chi connectivity index (χ4v) is 4.53. The number of sulfonamides is 1. The maximum absolute atomic E-state index is 12.8. The first kappa shape index (κ1) is 20.4. The van der Waals surface area contributed by atoms with Crippen LogP contribution in [0, 0.1) is 0 Å². The molecule has 0 spiro atoms. The average Bonchev–Trinajstić information content (AvgIpc) is 2.74. The fourth-order valence-electron chi connectivity index (χ4n) is 3.37. The van der Waals surface area contributed by atoms with Crippen LogP contribution in [0.4, 0.5) is 5.69 Å². The molecule has 0 radical (unpaired) electrons. The van der Waals surface area contributed by atoms with Crippen LogP contribution in [0.15, 0.2) is 53.4 Å². The molecule has 0 N–H and O–H groups in total. The smallest absolute Gasteiger partial charge is 0.337 e. The molecule has 0 saturated carbocycles. The van der Waals surface area contributed by atoms with Gasteiger partial charge in [0.15, 0.2) is 0 Å². The van der Waals surface area contributed by atoms with Crippen molar-refractivity contribution in [1.82, 2.24) is 4.31 Å². The van der Waals surface area contributed by atoms with E-state index >= 15 is 0 Å². The molecular formula is C21H26N2O4S. The van der Waals surface area contributed by atoms with E-state index in [0.717, 1.165) is 18.7 Å². The third-order valence-corrected chi connectivity index (χ3v) is 6.86. The number of benzene rings is 2. The number of esters is 1. The summed E-state index contributed by atoms with van der Waals surface area (Å²) in [6.07, 6.45) is 3.73. The molecule has 2 aromatic rings. The minimum Gasteiger partial charge on any atom is -0.465 e. The molecule has 1 fully saturated rings. The number of hydrogen-bond donors (Lipinski definition) is 0. The van der Waals surface area contributed by atoms with Crippen LogP contribution in [-0.4, -0.2) is 45.9 Å². The lowest BCUT2D eigenvalue weighted by molar-refractivity contribution is 0.0600.